The average Bonchev–Trinajstić information content (AvgIpc) is 2.11. The summed E-state index contributed by atoms with van der Waals surface area (Å²) in [4.78, 5) is 0. The Morgan fingerprint density at radius 2 is 1.92 bits per heavy atom. The molecule has 0 aliphatic heterocycles. The smallest absolute Gasteiger partial charge is 0.0592 e. The quantitative estimate of drug-likeness (QED) is 0.664. The third-order valence-electron chi connectivity index (χ3n) is 2.21. The molecular formula is C10H23NOS. The van der Waals surface area contributed by atoms with Crippen molar-refractivity contribution in [2.24, 2.45) is 5.92 Å². The van der Waals surface area contributed by atoms with Gasteiger partial charge in [0.1, 0.15) is 0 Å². The van der Waals surface area contributed by atoms with Crippen molar-refractivity contribution in [2.45, 2.75) is 39.0 Å². The van der Waals surface area contributed by atoms with Crippen LogP contribution in [0.5, 0.6) is 0 Å². The summed E-state index contributed by atoms with van der Waals surface area (Å²) < 4.78 is 0. The van der Waals surface area contributed by atoms with E-state index in [9.17, 15) is 0 Å². The van der Waals surface area contributed by atoms with Crippen molar-refractivity contribution >= 4 is 11.8 Å². The molecule has 2 unspecified atom stereocenters. The molecule has 0 aliphatic rings. The summed E-state index contributed by atoms with van der Waals surface area (Å²) >= 11 is 1.93. The first-order valence-corrected chi connectivity index (χ1v) is 6.12. The number of aliphatic hydroxyl groups is 1. The lowest BCUT2D eigenvalue weighted by molar-refractivity contribution is 0.255. The van der Waals surface area contributed by atoms with E-state index in [-0.39, 0.29) is 12.6 Å². The van der Waals surface area contributed by atoms with Gasteiger partial charge in [-0.3, -0.25) is 0 Å². The van der Waals surface area contributed by atoms with Gasteiger partial charge in [-0.25, -0.2) is 0 Å². The highest BCUT2D eigenvalue weighted by Gasteiger charge is 2.11. The highest BCUT2D eigenvalue weighted by Crippen LogP contribution is 2.19. The monoisotopic (exact) mass is 205 g/mol. The summed E-state index contributed by atoms with van der Waals surface area (Å²) in [5.41, 5.74) is 0. The maximum atomic E-state index is 9.03. The van der Waals surface area contributed by atoms with Crippen molar-refractivity contribution in [3.8, 4) is 0 Å². The van der Waals surface area contributed by atoms with Crippen molar-refractivity contribution in [1.82, 2.24) is 5.32 Å². The molecule has 0 bridgehead atoms. The van der Waals surface area contributed by atoms with E-state index in [1.807, 2.05) is 11.8 Å². The molecule has 0 fully saturated rings. The number of hydrogen-bond donors (Lipinski definition) is 2. The van der Waals surface area contributed by atoms with Crippen molar-refractivity contribution < 1.29 is 5.11 Å². The van der Waals surface area contributed by atoms with Crippen molar-refractivity contribution in [2.75, 3.05) is 18.9 Å². The predicted octanol–water partition coefficient (Wildman–Crippen LogP) is 1.73. The van der Waals surface area contributed by atoms with Gasteiger partial charge >= 0.3 is 0 Å². The van der Waals surface area contributed by atoms with E-state index in [0.717, 1.165) is 12.3 Å². The Hall–Kier alpha value is 0.270. The molecule has 0 aromatic rings. The van der Waals surface area contributed by atoms with E-state index in [4.69, 9.17) is 5.11 Å². The fourth-order valence-corrected chi connectivity index (χ4v) is 2.07. The summed E-state index contributed by atoms with van der Waals surface area (Å²) in [6, 6.07) is 0.260. The zero-order valence-electron chi connectivity index (χ0n) is 9.21. The van der Waals surface area contributed by atoms with Gasteiger partial charge < -0.3 is 10.4 Å². The molecule has 0 aliphatic carbocycles. The van der Waals surface area contributed by atoms with Crippen LogP contribution in [0.25, 0.3) is 0 Å². The first-order valence-electron chi connectivity index (χ1n) is 5.07. The summed E-state index contributed by atoms with van der Waals surface area (Å²) in [6.07, 6.45) is 0. The van der Waals surface area contributed by atoms with Crippen LogP contribution in [0.3, 0.4) is 0 Å². The van der Waals surface area contributed by atoms with Gasteiger partial charge in [0.15, 0.2) is 0 Å². The van der Waals surface area contributed by atoms with Crippen molar-refractivity contribution in [3.05, 3.63) is 0 Å². The molecule has 0 heterocycles. The third-order valence-corrected chi connectivity index (χ3v) is 3.88. The molecule has 0 saturated carbocycles. The minimum Gasteiger partial charge on any atom is -0.395 e. The molecule has 0 aromatic carbocycles. The van der Waals surface area contributed by atoms with Gasteiger partial charge in [-0.2, -0.15) is 11.8 Å². The summed E-state index contributed by atoms with van der Waals surface area (Å²) in [7, 11) is 0. The van der Waals surface area contributed by atoms with E-state index in [1.165, 1.54) is 0 Å². The van der Waals surface area contributed by atoms with Gasteiger partial charge in [0, 0.05) is 17.0 Å². The summed E-state index contributed by atoms with van der Waals surface area (Å²) in [5, 5.41) is 13.0. The van der Waals surface area contributed by atoms with Gasteiger partial charge in [-0.1, -0.05) is 27.7 Å². The van der Waals surface area contributed by atoms with E-state index < -0.39 is 0 Å². The predicted molar refractivity (Wildman–Crippen MR) is 61.3 cm³/mol. The lowest BCUT2D eigenvalue weighted by atomic mass is 10.2. The van der Waals surface area contributed by atoms with Crippen LogP contribution in [-0.2, 0) is 0 Å². The number of aliphatic hydroxyl groups excluding tert-OH is 1. The molecule has 3 heteroatoms. The summed E-state index contributed by atoms with van der Waals surface area (Å²) in [5.74, 6) is 1.72. The number of likely N-dealkylation sites (N-methyl/N-ethyl adjacent to an activating group) is 1. The molecular weight excluding hydrogens is 182 g/mol. The molecule has 0 amide bonds. The van der Waals surface area contributed by atoms with Crippen molar-refractivity contribution in [3.63, 3.8) is 0 Å². The Kier molecular flexibility index (Phi) is 7.81. The van der Waals surface area contributed by atoms with Gasteiger partial charge in [-0.15, -0.1) is 0 Å². The van der Waals surface area contributed by atoms with Gasteiger partial charge in [0.2, 0.25) is 0 Å². The van der Waals surface area contributed by atoms with Crippen molar-refractivity contribution in [1.29, 1.82) is 0 Å². The largest absolute Gasteiger partial charge is 0.395 e. The minimum absolute atomic E-state index is 0.242. The van der Waals surface area contributed by atoms with E-state index >= 15 is 0 Å². The molecule has 2 atom stereocenters. The second-order valence-electron chi connectivity index (χ2n) is 3.72. The lowest BCUT2D eigenvalue weighted by Gasteiger charge is -2.19. The molecule has 0 aromatic heterocycles. The highest BCUT2D eigenvalue weighted by molar-refractivity contribution is 7.99. The van der Waals surface area contributed by atoms with E-state index in [0.29, 0.717) is 11.2 Å². The standard InChI is InChI=1S/C10H23NOS/c1-5-11-10(6-12)7-13-9(4)8(2)3/h8-12H,5-7H2,1-4H3. The lowest BCUT2D eigenvalue weighted by Crippen LogP contribution is -2.35. The number of thioether (sulfide) groups is 1. The van der Waals surface area contributed by atoms with E-state index in [2.05, 4.69) is 33.0 Å². The second-order valence-corrected chi connectivity index (χ2v) is 5.13. The zero-order chi connectivity index (χ0) is 10.3. The Balaban J connectivity index is 3.58. The molecule has 0 radical (unpaired) electrons. The Morgan fingerprint density at radius 3 is 2.31 bits per heavy atom. The van der Waals surface area contributed by atoms with Gasteiger partial charge in [0.25, 0.3) is 0 Å². The Morgan fingerprint density at radius 1 is 1.31 bits per heavy atom. The Labute approximate surface area is 86.5 Å². The number of nitrogens with one attached hydrogen (secondary N) is 1. The topological polar surface area (TPSA) is 32.3 Å². The molecule has 2 N–H and O–H groups in total. The molecule has 80 valence electrons. The highest BCUT2D eigenvalue weighted by atomic mass is 32.2. The first kappa shape index (κ1) is 13.3. The average molecular weight is 205 g/mol. The first-order chi connectivity index (χ1) is 6.11. The van der Waals surface area contributed by atoms with Crippen LogP contribution in [-0.4, -0.2) is 35.3 Å². The van der Waals surface area contributed by atoms with Crippen LogP contribution in [0.4, 0.5) is 0 Å². The molecule has 0 rings (SSSR count). The van der Waals surface area contributed by atoms with Crippen LogP contribution >= 0.6 is 11.8 Å². The normalized spacial score (nSPS) is 16.2. The maximum absolute atomic E-state index is 9.03. The van der Waals surface area contributed by atoms with Crippen LogP contribution < -0.4 is 5.32 Å². The van der Waals surface area contributed by atoms with Crippen LogP contribution in [0.15, 0.2) is 0 Å². The van der Waals surface area contributed by atoms with Gasteiger partial charge in [0.05, 0.1) is 6.61 Å². The molecule has 13 heavy (non-hydrogen) atoms. The van der Waals surface area contributed by atoms with Gasteiger partial charge in [-0.05, 0) is 12.5 Å². The van der Waals surface area contributed by atoms with E-state index in [1.54, 1.807) is 0 Å². The molecule has 0 saturated heterocycles. The second kappa shape index (κ2) is 7.65. The van der Waals surface area contributed by atoms with Crippen LogP contribution in [0.2, 0.25) is 0 Å². The summed E-state index contributed by atoms with van der Waals surface area (Å²) in [6.45, 7) is 9.96. The number of rotatable bonds is 7. The molecule has 2 nitrogen and oxygen atoms in total. The third kappa shape index (κ3) is 6.36. The Bertz CT molecular complexity index is 119. The fourth-order valence-electron chi connectivity index (χ4n) is 0.925. The van der Waals surface area contributed by atoms with Crippen LogP contribution in [0.1, 0.15) is 27.7 Å². The van der Waals surface area contributed by atoms with Crippen LogP contribution in [0, 0.1) is 5.92 Å². The zero-order valence-corrected chi connectivity index (χ0v) is 10.0. The maximum Gasteiger partial charge on any atom is 0.0592 e. The fraction of sp³-hybridized carbons (Fsp3) is 1.00. The SMILES string of the molecule is CCNC(CO)CSC(C)C(C)C. The number of hydrogen-bond acceptors (Lipinski definition) is 3. The minimum atomic E-state index is 0.242. The molecule has 0 spiro atoms.